The molecular formula is C14H20N2O3S. The fourth-order valence-corrected chi connectivity index (χ4v) is 3.57. The minimum atomic E-state index is -3.47. The number of rotatable bonds is 4. The van der Waals surface area contributed by atoms with Gasteiger partial charge in [-0.2, -0.15) is 4.31 Å². The average Bonchev–Trinajstić information content (AvgIpc) is 2.43. The van der Waals surface area contributed by atoms with E-state index >= 15 is 0 Å². The molecule has 0 amide bonds. The second-order valence-corrected chi connectivity index (χ2v) is 6.86. The molecule has 0 saturated heterocycles. The van der Waals surface area contributed by atoms with Crippen molar-refractivity contribution in [2.75, 3.05) is 32.5 Å². The lowest BCUT2D eigenvalue weighted by atomic mass is 10.1. The van der Waals surface area contributed by atoms with Gasteiger partial charge in [0.25, 0.3) is 0 Å². The number of nitrogens with two attached hydrogens (primary N) is 1. The predicted octanol–water partition coefficient (Wildman–Crippen LogP) is 1.54. The molecule has 1 aromatic rings. The van der Waals surface area contributed by atoms with Crippen LogP contribution in [-0.4, -0.2) is 39.5 Å². The molecule has 0 saturated carbocycles. The Morgan fingerprint density at radius 1 is 1.40 bits per heavy atom. The van der Waals surface area contributed by atoms with Crippen LogP contribution in [0.3, 0.4) is 0 Å². The molecule has 0 atom stereocenters. The molecule has 2 N–H and O–H groups in total. The molecule has 0 spiro atoms. The molecule has 5 nitrogen and oxygen atoms in total. The van der Waals surface area contributed by atoms with Crippen LogP contribution in [0.1, 0.15) is 12.0 Å². The van der Waals surface area contributed by atoms with E-state index < -0.39 is 10.0 Å². The molecule has 1 heterocycles. The Balaban J connectivity index is 2.21. The summed E-state index contributed by atoms with van der Waals surface area (Å²) in [4.78, 5) is 0.254. The second kappa shape index (κ2) is 5.95. The SMILES string of the molecule is COCC1=CCN(S(=O)(=O)c2ccc(C)c(N)c2)CC1. The smallest absolute Gasteiger partial charge is 0.243 e. The molecule has 0 bridgehead atoms. The number of ether oxygens (including phenoxy) is 1. The lowest BCUT2D eigenvalue weighted by molar-refractivity contribution is 0.219. The van der Waals surface area contributed by atoms with E-state index in [1.54, 1.807) is 19.2 Å². The van der Waals surface area contributed by atoms with Gasteiger partial charge in [-0.1, -0.05) is 12.1 Å². The summed E-state index contributed by atoms with van der Waals surface area (Å²) in [5.74, 6) is 0. The van der Waals surface area contributed by atoms with Crippen molar-refractivity contribution in [2.24, 2.45) is 0 Å². The normalized spacial score (nSPS) is 17.0. The summed E-state index contributed by atoms with van der Waals surface area (Å²) >= 11 is 0. The number of nitrogen functional groups attached to an aromatic ring is 1. The van der Waals surface area contributed by atoms with E-state index in [2.05, 4.69) is 0 Å². The zero-order valence-electron chi connectivity index (χ0n) is 11.8. The van der Waals surface area contributed by atoms with Gasteiger partial charge in [0.2, 0.25) is 10.0 Å². The molecule has 110 valence electrons. The Bertz CT molecular complexity index is 623. The largest absolute Gasteiger partial charge is 0.398 e. The van der Waals surface area contributed by atoms with Crippen LogP contribution in [0, 0.1) is 6.92 Å². The van der Waals surface area contributed by atoms with Crippen molar-refractivity contribution in [1.29, 1.82) is 0 Å². The van der Waals surface area contributed by atoms with E-state index in [0.29, 0.717) is 31.8 Å². The zero-order valence-corrected chi connectivity index (χ0v) is 12.6. The molecule has 0 fully saturated rings. The van der Waals surface area contributed by atoms with Gasteiger partial charge in [-0.25, -0.2) is 8.42 Å². The molecule has 2 rings (SSSR count). The van der Waals surface area contributed by atoms with Crippen LogP contribution in [0.25, 0.3) is 0 Å². The van der Waals surface area contributed by atoms with Gasteiger partial charge < -0.3 is 10.5 Å². The molecule has 0 unspecified atom stereocenters. The Hall–Kier alpha value is -1.37. The Morgan fingerprint density at radius 2 is 2.15 bits per heavy atom. The van der Waals surface area contributed by atoms with E-state index in [4.69, 9.17) is 10.5 Å². The van der Waals surface area contributed by atoms with Gasteiger partial charge >= 0.3 is 0 Å². The number of methoxy groups -OCH3 is 1. The summed E-state index contributed by atoms with van der Waals surface area (Å²) in [5, 5.41) is 0. The lowest BCUT2D eigenvalue weighted by Gasteiger charge is -2.25. The van der Waals surface area contributed by atoms with Gasteiger partial charge in [0.05, 0.1) is 11.5 Å². The number of nitrogens with zero attached hydrogens (tertiary/aromatic N) is 1. The maximum atomic E-state index is 12.5. The number of anilines is 1. The zero-order chi connectivity index (χ0) is 14.8. The number of benzene rings is 1. The van der Waals surface area contributed by atoms with Crippen LogP contribution in [0.5, 0.6) is 0 Å². The van der Waals surface area contributed by atoms with Crippen LogP contribution in [0.4, 0.5) is 5.69 Å². The van der Waals surface area contributed by atoms with Crippen LogP contribution in [-0.2, 0) is 14.8 Å². The van der Waals surface area contributed by atoms with Gasteiger partial charge in [0.1, 0.15) is 0 Å². The maximum absolute atomic E-state index is 12.5. The maximum Gasteiger partial charge on any atom is 0.243 e. The lowest BCUT2D eigenvalue weighted by Crippen LogP contribution is -2.35. The molecular weight excluding hydrogens is 276 g/mol. The Labute approximate surface area is 120 Å². The first-order valence-electron chi connectivity index (χ1n) is 6.48. The van der Waals surface area contributed by atoms with Crippen molar-refractivity contribution in [3.8, 4) is 0 Å². The third-order valence-electron chi connectivity index (χ3n) is 3.48. The van der Waals surface area contributed by atoms with E-state index in [1.165, 1.54) is 10.4 Å². The van der Waals surface area contributed by atoms with Crippen molar-refractivity contribution in [2.45, 2.75) is 18.2 Å². The summed E-state index contributed by atoms with van der Waals surface area (Å²) < 4.78 is 31.6. The molecule has 0 aromatic heterocycles. The molecule has 1 aliphatic rings. The number of aryl methyl sites for hydroxylation is 1. The van der Waals surface area contributed by atoms with Crippen LogP contribution in [0.2, 0.25) is 0 Å². The quantitative estimate of drug-likeness (QED) is 0.676. The Kier molecular flexibility index (Phi) is 4.47. The first kappa shape index (κ1) is 15.0. The van der Waals surface area contributed by atoms with Crippen molar-refractivity contribution >= 4 is 15.7 Å². The molecule has 0 radical (unpaired) electrons. The third-order valence-corrected chi connectivity index (χ3v) is 5.35. The summed E-state index contributed by atoms with van der Waals surface area (Å²) in [6.45, 7) is 3.28. The first-order chi connectivity index (χ1) is 9.45. The van der Waals surface area contributed by atoms with Crippen molar-refractivity contribution in [1.82, 2.24) is 4.31 Å². The standard InChI is InChI=1S/C14H20N2O3S/c1-11-3-4-13(9-14(11)15)20(17,18)16-7-5-12(6-8-16)10-19-2/h3-5,9H,6-8,10,15H2,1-2H3. The molecule has 20 heavy (non-hydrogen) atoms. The highest BCUT2D eigenvalue weighted by Gasteiger charge is 2.26. The highest BCUT2D eigenvalue weighted by Crippen LogP contribution is 2.23. The number of sulfonamides is 1. The highest BCUT2D eigenvalue weighted by molar-refractivity contribution is 7.89. The van der Waals surface area contributed by atoms with E-state index in [-0.39, 0.29) is 4.90 Å². The second-order valence-electron chi connectivity index (χ2n) is 4.93. The summed E-state index contributed by atoms with van der Waals surface area (Å²) in [7, 11) is -1.83. The first-order valence-corrected chi connectivity index (χ1v) is 7.92. The van der Waals surface area contributed by atoms with Crippen LogP contribution < -0.4 is 5.73 Å². The van der Waals surface area contributed by atoms with Gasteiger partial charge in [0, 0.05) is 25.9 Å². The topological polar surface area (TPSA) is 72.6 Å². The Morgan fingerprint density at radius 3 is 2.70 bits per heavy atom. The van der Waals surface area contributed by atoms with Crippen LogP contribution >= 0.6 is 0 Å². The minimum absolute atomic E-state index is 0.254. The highest BCUT2D eigenvalue weighted by atomic mass is 32.2. The molecule has 0 aliphatic carbocycles. The van der Waals surface area contributed by atoms with Crippen molar-refractivity contribution < 1.29 is 13.2 Å². The van der Waals surface area contributed by atoms with Gasteiger partial charge in [0.15, 0.2) is 0 Å². The van der Waals surface area contributed by atoms with Gasteiger partial charge in [-0.05, 0) is 36.6 Å². The fraction of sp³-hybridized carbons (Fsp3) is 0.429. The average molecular weight is 296 g/mol. The monoisotopic (exact) mass is 296 g/mol. The van der Waals surface area contributed by atoms with Crippen LogP contribution in [0.15, 0.2) is 34.7 Å². The molecule has 1 aromatic carbocycles. The van der Waals surface area contributed by atoms with Gasteiger partial charge in [-0.15, -0.1) is 0 Å². The van der Waals surface area contributed by atoms with Crippen molar-refractivity contribution in [3.05, 3.63) is 35.4 Å². The minimum Gasteiger partial charge on any atom is -0.398 e. The molecule has 6 heteroatoms. The summed E-state index contributed by atoms with van der Waals surface area (Å²) in [5.41, 5.74) is 8.32. The fourth-order valence-electron chi connectivity index (χ4n) is 2.16. The van der Waals surface area contributed by atoms with E-state index in [1.807, 2.05) is 13.0 Å². The van der Waals surface area contributed by atoms with Crippen molar-refractivity contribution in [3.63, 3.8) is 0 Å². The van der Waals surface area contributed by atoms with E-state index in [0.717, 1.165) is 11.1 Å². The number of hydrogen-bond acceptors (Lipinski definition) is 4. The number of hydrogen-bond donors (Lipinski definition) is 1. The summed E-state index contributed by atoms with van der Waals surface area (Å²) in [6.07, 6.45) is 2.62. The summed E-state index contributed by atoms with van der Waals surface area (Å²) in [6, 6.07) is 4.87. The van der Waals surface area contributed by atoms with Gasteiger partial charge in [-0.3, -0.25) is 0 Å². The van der Waals surface area contributed by atoms with E-state index in [9.17, 15) is 8.42 Å². The molecule has 1 aliphatic heterocycles. The predicted molar refractivity (Wildman–Crippen MR) is 78.9 cm³/mol. The third kappa shape index (κ3) is 3.03.